The summed E-state index contributed by atoms with van der Waals surface area (Å²) in [4.78, 5) is 1.96. The van der Waals surface area contributed by atoms with Gasteiger partial charge >= 0.3 is 0 Å². The van der Waals surface area contributed by atoms with Crippen molar-refractivity contribution < 1.29 is 18.3 Å². The average molecular weight is 378 g/mol. The number of methoxy groups -OCH3 is 1. The van der Waals surface area contributed by atoms with Gasteiger partial charge in [-0.15, -0.1) is 0 Å². The van der Waals surface area contributed by atoms with Crippen molar-refractivity contribution in [2.45, 2.75) is 12.5 Å². The first-order chi connectivity index (χ1) is 12.3. The van der Waals surface area contributed by atoms with Crippen LogP contribution in [0.5, 0.6) is 5.75 Å². The summed E-state index contributed by atoms with van der Waals surface area (Å²) in [5.41, 5.74) is 2.60. The lowest BCUT2D eigenvalue weighted by Crippen LogP contribution is -2.31. The van der Waals surface area contributed by atoms with Crippen molar-refractivity contribution in [2.75, 3.05) is 38.4 Å². The van der Waals surface area contributed by atoms with Crippen molar-refractivity contribution in [3.8, 4) is 5.75 Å². The van der Waals surface area contributed by atoms with Crippen LogP contribution in [0.25, 0.3) is 0 Å². The average Bonchev–Trinajstić information content (AvgIpc) is 2.65. The van der Waals surface area contributed by atoms with E-state index >= 15 is 0 Å². The number of aryl methyl sites for hydroxylation is 1. The quantitative estimate of drug-likeness (QED) is 0.697. The highest BCUT2D eigenvalue weighted by Gasteiger charge is 2.14. The third-order valence-electron chi connectivity index (χ3n) is 4.11. The fourth-order valence-electron chi connectivity index (χ4n) is 2.43. The molecule has 6 nitrogen and oxygen atoms in total. The number of ether oxygens (including phenoxy) is 1. The summed E-state index contributed by atoms with van der Waals surface area (Å²) in [6, 6.07) is 14.7. The summed E-state index contributed by atoms with van der Waals surface area (Å²) in [5.74, 6) is 0.698. The highest BCUT2D eigenvalue weighted by Crippen LogP contribution is 2.18. The van der Waals surface area contributed by atoms with Crippen molar-refractivity contribution in [3.05, 3.63) is 59.7 Å². The van der Waals surface area contributed by atoms with Gasteiger partial charge < -0.3 is 14.7 Å². The number of benzene rings is 2. The van der Waals surface area contributed by atoms with Gasteiger partial charge in [0, 0.05) is 26.3 Å². The fourth-order valence-corrected chi connectivity index (χ4v) is 3.50. The number of aliphatic hydroxyl groups excluding tert-OH is 1. The van der Waals surface area contributed by atoms with Crippen molar-refractivity contribution in [3.63, 3.8) is 0 Å². The molecule has 0 spiro atoms. The summed E-state index contributed by atoms with van der Waals surface area (Å²) < 4.78 is 31.9. The molecule has 0 aliphatic heterocycles. The highest BCUT2D eigenvalue weighted by molar-refractivity contribution is 7.89. The van der Waals surface area contributed by atoms with Gasteiger partial charge in [-0.2, -0.15) is 0 Å². The van der Waals surface area contributed by atoms with Crippen LogP contribution in [0, 0.1) is 0 Å². The van der Waals surface area contributed by atoms with E-state index in [1.165, 1.54) is 0 Å². The van der Waals surface area contributed by atoms with Crippen LogP contribution in [0.1, 0.15) is 17.2 Å². The van der Waals surface area contributed by atoms with Crippen LogP contribution in [0.15, 0.2) is 48.5 Å². The lowest BCUT2D eigenvalue weighted by molar-refractivity contribution is 0.182. The second-order valence-corrected chi connectivity index (χ2v) is 8.19. The van der Waals surface area contributed by atoms with Gasteiger partial charge in [-0.3, -0.25) is 0 Å². The van der Waals surface area contributed by atoms with Crippen LogP contribution < -0.4 is 14.4 Å². The summed E-state index contributed by atoms with van der Waals surface area (Å²) in [6.45, 7) is -0.0493. The van der Waals surface area contributed by atoms with Gasteiger partial charge in [0.1, 0.15) is 5.75 Å². The maximum absolute atomic E-state index is 12.2. The number of rotatable bonds is 9. The summed E-state index contributed by atoms with van der Waals surface area (Å²) in [6.07, 6.45) is -0.491. The number of hydrogen-bond donors (Lipinski definition) is 2. The first kappa shape index (κ1) is 20.2. The lowest BCUT2D eigenvalue weighted by Gasteiger charge is -2.16. The monoisotopic (exact) mass is 378 g/mol. The van der Waals surface area contributed by atoms with E-state index < -0.39 is 16.1 Å². The number of anilines is 1. The van der Waals surface area contributed by atoms with Crippen molar-refractivity contribution in [2.24, 2.45) is 0 Å². The molecule has 0 aliphatic rings. The maximum atomic E-state index is 12.2. The minimum Gasteiger partial charge on any atom is -0.497 e. The fraction of sp³-hybridized carbons (Fsp3) is 0.368. The standard InChI is InChI=1S/C19H26N2O4S/c1-21(2)17-8-6-16(7-9-17)19(22)14-20-26(23,24)13-12-15-4-10-18(25-3)11-5-15/h4-11,19-20,22H,12-14H2,1-3H3. The molecule has 0 aromatic heterocycles. The van der Waals surface area contributed by atoms with Crippen LogP contribution in [0.4, 0.5) is 5.69 Å². The number of sulfonamides is 1. The Morgan fingerprint density at radius 1 is 1.08 bits per heavy atom. The smallest absolute Gasteiger partial charge is 0.212 e. The molecule has 1 unspecified atom stereocenters. The second kappa shape index (κ2) is 9.02. The zero-order valence-corrected chi connectivity index (χ0v) is 16.2. The molecular weight excluding hydrogens is 352 g/mol. The van der Waals surface area contributed by atoms with Gasteiger partial charge in [0.25, 0.3) is 0 Å². The van der Waals surface area contributed by atoms with Gasteiger partial charge in [0.15, 0.2) is 0 Å². The molecule has 2 N–H and O–H groups in total. The van der Waals surface area contributed by atoms with Crippen LogP contribution in [0.2, 0.25) is 0 Å². The van der Waals surface area contributed by atoms with Gasteiger partial charge in [-0.25, -0.2) is 13.1 Å². The molecule has 1 atom stereocenters. The molecule has 0 amide bonds. The Balaban J connectivity index is 1.85. The molecule has 2 aromatic carbocycles. The van der Waals surface area contributed by atoms with E-state index in [0.29, 0.717) is 12.0 Å². The number of nitrogens with zero attached hydrogens (tertiary/aromatic N) is 1. The van der Waals surface area contributed by atoms with E-state index in [1.54, 1.807) is 31.4 Å². The molecule has 0 aliphatic carbocycles. The third-order valence-corrected chi connectivity index (χ3v) is 5.46. The van der Waals surface area contributed by atoms with Crippen LogP contribution >= 0.6 is 0 Å². The molecule has 7 heteroatoms. The molecule has 0 radical (unpaired) electrons. The summed E-state index contributed by atoms with van der Waals surface area (Å²) >= 11 is 0. The number of nitrogens with one attached hydrogen (secondary N) is 1. The van der Waals surface area contributed by atoms with Gasteiger partial charge in [-0.05, 0) is 41.8 Å². The topological polar surface area (TPSA) is 78.9 Å². The summed E-state index contributed by atoms with van der Waals surface area (Å²) in [5, 5.41) is 10.2. The normalized spacial score (nSPS) is 12.6. The molecule has 2 rings (SSSR count). The molecular formula is C19H26N2O4S. The van der Waals surface area contributed by atoms with Crippen molar-refractivity contribution in [1.29, 1.82) is 0 Å². The highest BCUT2D eigenvalue weighted by atomic mass is 32.2. The molecule has 0 fully saturated rings. The van der Waals surface area contributed by atoms with Crippen LogP contribution in [-0.2, 0) is 16.4 Å². The minimum absolute atomic E-state index is 0.0361. The Morgan fingerprint density at radius 2 is 1.69 bits per heavy atom. The molecule has 0 bridgehead atoms. The Morgan fingerprint density at radius 3 is 2.23 bits per heavy atom. The molecule has 142 valence electrons. The first-order valence-electron chi connectivity index (χ1n) is 8.36. The van der Waals surface area contributed by atoms with Gasteiger partial charge in [0.05, 0.1) is 19.0 Å². The zero-order chi connectivity index (χ0) is 19.2. The molecule has 0 saturated carbocycles. The number of aliphatic hydroxyl groups is 1. The lowest BCUT2D eigenvalue weighted by atomic mass is 10.1. The van der Waals surface area contributed by atoms with E-state index in [-0.39, 0.29) is 12.3 Å². The SMILES string of the molecule is COc1ccc(CCS(=O)(=O)NCC(O)c2ccc(N(C)C)cc2)cc1. The molecule has 26 heavy (non-hydrogen) atoms. The Bertz CT molecular complexity index is 787. The third kappa shape index (κ3) is 6.01. The molecule has 0 saturated heterocycles. The van der Waals surface area contributed by atoms with E-state index in [4.69, 9.17) is 4.74 Å². The van der Waals surface area contributed by atoms with Crippen LogP contribution in [-0.4, -0.2) is 47.0 Å². The molecule has 0 heterocycles. The largest absolute Gasteiger partial charge is 0.497 e. The second-order valence-electron chi connectivity index (χ2n) is 6.27. The zero-order valence-electron chi connectivity index (χ0n) is 15.3. The van der Waals surface area contributed by atoms with E-state index in [1.807, 2.05) is 43.3 Å². The van der Waals surface area contributed by atoms with E-state index in [9.17, 15) is 13.5 Å². The van der Waals surface area contributed by atoms with Gasteiger partial charge in [0.2, 0.25) is 10.0 Å². The maximum Gasteiger partial charge on any atom is 0.212 e. The Kier molecular flexibility index (Phi) is 7.02. The van der Waals surface area contributed by atoms with Crippen LogP contribution in [0.3, 0.4) is 0 Å². The predicted octanol–water partition coefficient (Wildman–Crippen LogP) is 1.96. The van der Waals surface area contributed by atoms with Crippen molar-refractivity contribution >= 4 is 15.7 Å². The van der Waals surface area contributed by atoms with E-state index in [2.05, 4.69) is 4.72 Å². The number of hydrogen-bond acceptors (Lipinski definition) is 5. The van der Waals surface area contributed by atoms with Crippen molar-refractivity contribution in [1.82, 2.24) is 4.72 Å². The first-order valence-corrected chi connectivity index (χ1v) is 10.0. The Hall–Kier alpha value is -2.09. The summed E-state index contributed by atoms with van der Waals surface area (Å²) in [7, 11) is 1.98. The van der Waals surface area contributed by atoms with Gasteiger partial charge in [-0.1, -0.05) is 24.3 Å². The van der Waals surface area contributed by atoms with E-state index in [0.717, 1.165) is 17.0 Å². The molecule has 2 aromatic rings. The minimum atomic E-state index is -3.47. The predicted molar refractivity (Wildman–Crippen MR) is 104 cm³/mol. The Labute approximate surface area is 155 Å².